The summed E-state index contributed by atoms with van der Waals surface area (Å²) in [6.45, 7) is 4.07. The van der Waals surface area contributed by atoms with Gasteiger partial charge in [-0.05, 0) is 55.0 Å². The first kappa shape index (κ1) is 21.2. The van der Waals surface area contributed by atoms with Gasteiger partial charge in [0.25, 0.3) is 5.91 Å². The van der Waals surface area contributed by atoms with E-state index in [1.54, 1.807) is 55.5 Å². The highest BCUT2D eigenvalue weighted by Gasteiger charge is 2.09. The molecule has 1 amide bonds. The first-order chi connectivity index (χ1) is 13.5. The van der Waals surface area contributed by atoms with Gasteiger partial charge in [0.2, 0.25) is 0 Å². The molecule has 28 heavy (non-hydrogen) atoms. The standard InChI is InChI=1S/C22H25NO5/c1-3-5-14-27-22(26)17-6-10-18(11-7-17)23-21(25)15-28-19-12-8-16(9-13-19)20(24)4-2/h6-13H,3-5,14-15H2,1-2H3,(H,23,25). The number of Topliss-reactive ketones (excluding diaryl/α,β-unsaturated/α-hetero) is 1. The number of rotatable bonds is 10. The molecular formula is C22H25NO5. The second-order valence-corrected chi connectivity index (χ2v) is 6.20. The summed E-state index contributed by atoms with van der Waals surface area (Å²) in [5, 5.41) is 2.70. The first-order valence-electron chi connectivity index (χ1n) is 9.36. The Hall–Kier alpha value is -3.15. The van der Waals surface area contributed by atoms with E-state index < -0.39 is 0 Å². The third kappa shape index (κ3) is 6.54. The third-order valence-electron chi connectivity index (χ3n) is 4.00. The molecule has 0 aromatic heterocycles. The van der Waals surface area contributed by atoms with E-state index in [1.165, 1.54) is 0 Å². The van der Waals surface area contributed by atoms with Crippen molar-refractivity contribution in [3.63, 3.8) is 0 Å². The number of anilines is 1. The van der Waals surface area contributed by atoms with Crippen molar-refractivity contribution in [2.45, 2.75) is 33.1 Å². The molecule has 0 aliphatic heterocycles. The molecule has 0 bridgehead atoms. The zero-order valence-corrected chi connectivity index (χ0v) is 16.2. The van der Waals surface area contributed by atoms with E-state index in [1.807, 2.05) is 6.92 Å². The zero-order chi connectivity index (χ0) is 20.4. The van der Waals surface area contributed by atoms with Crippen LogP contribution in [0.1, 0.15) is 53.8 Å². The van der Waals surface area contributed by atoms with Crippen LogP contribution in [0.2, 0.25) is 0 Å². The molecule has 2 aromatic carbocycles. The van der Waals surface area contributed by atoms with Gasteiger partial charge in [-0.3, -0.25) is 9.59 Å². The molecule has 6 nitrogen and oxygen atoms in total. The number of hydrogen-bond acceptors (Lipinski definition) is 5. The third-order valence-corrected chi connectivity index (χ3v) is 4.00. The van der Waals surface area contributed by atoms with Gasteiger partial charge < -0.3 is 14.8 Å². The van der Waals surface area contributed by atoms with Gasteiger partial charge in [-0.2, -0.15) is 0 Å². The Morgan fingerprint density at radius 1 is 0.893 bits per heavy atom. The lowest BCUT2D eigenvalue weighted by atomic mass is 10.1. The molecule has 0 saturated heterocycles. The SMILES string of the molecule is CCCCOC(=O)c1ccc(NC(=O)COc2ccc(C(=O)CC)cc2)cc1. The lowest BCUT2D eigenvalue weighted by molar-refractivity contribution is -0.118. The predicted octanol–water partition coefficient (Wildman–Crippen LogP) is 4.25. The fourth-order valence-electron chi connectivity index (χ4n) is 2.37. The Balaban J connectivity index is 1.81. The number of nitrogens with one attached hydrogen (secondary N) is 1. The second kappa shape index (κ2) is 10.9. The molecule has 6 heteroatoms. The maximum atomic E-state index is 12.0. The molecule has 0 spiro atoms. The largest absolute Gasteiger partial charge is 0.484 e. The van der Waals surface area contributed by atoms with E-state index in [0.717, 1.165) is 12.8 Å². The minimum atomic E-state index is -0.375. The lowest BCUT2D eigenvalue weighted by Gasteiger charge is -2.09. The number of carbonyl (C=O) groups is 3. The molecule has 2 aromatic rings. The molecule has 0 saturated carbocycles. The Bertz CT molecular complexity index is 797. The summed E-state index contributed by atoms with van der Waals surface area (Å²) >= 11 is 0. The van der Waals surface area contributed by atoms with Gasteiger partial charge in [0, 0.05) is 17.7 Å². The summed E-state index contributed by atoms with van der Waals surface area (Å²) in [5.74, 6) is -0.137. The van der Waals surface area contributed by atoms with E-state index in [2.05, 4.69) is 5.32 Å². The Morgan fingerprint density at radius 2 is 1.54 bits per heavy atom. The topological polar surface area (TPSA) is 81.7 Å². The summed E-state index contributed by atoms with van der Waals surface area (Å²) in [6, 6.07) is 13.2. The van der Waals surface area contributed by atoms with E-state index in [0.29, 0.717) is 35.6 Å². The molecule has 0 atom stereocenters. The molecule has 0 fully saturated rings. The average molecular weight is 383 g/mol. The van der Waals surface area contributed by atoms with Crippen molar-refractivity contribution in [1.29, 1.82) is 0 Å². The molecule has 0 radical (unpaired) electrons. The number of carbonyl (C=O) groups excluding carboxylic acids is 3. The van der Waals surface area contributed by atoms with Gasteiger partial charge in [0.15, 0.2) is 12.4 Å². The van der Waals surface area contributed by atoms with Crippen molar-refractivity contribution in [2.24, 2.45) is 0 Å². The van der Waals surface area contributed by atoms with Crippen LogP contribution >= 0.6 is 0 Å². The van der Waals surface area contributed by atoms with Gasteiger partial charge in [-0.25, -0.2) is 4.79 Å². The number of ketones is 1. The number of esters is 1. The number of ether oxygens (including phenoxy) is 2. The van der Waals surface area contributed by atoms with Crippen molar-refractivity contribution >= 4 is 23.3 Å². The summed E-state index contributed by atoms with van der Waals surface area (Å²) in [4.78, 5) is 35.5. The summed E-state index contributed by atoms with van der Waals surface area (Å²) in [7, 11) is 0. The van der Waals surface area contributed by atoms with Crippen LogP contribution in [0.25, 0.3) is 0 Å². The maximum Gasteiger partial charge on any atom is 0.338 e. The zero-order valence-electron chi connectivity index (χ0n) is 16.2. The second-order valence-electron chi connectivity index (χ2n) is 6.20. The van der Waals surface area contributed by atoms with Crippen LogP contribution in [0.3, 0.4) is 0 Å². The van der Waals surface area contributed by atoms with E-state index in [9.17, 15) is 14.4 Å². The predicted molar refractivity (Wildman–Crippen MR) is 107 cm³/mol. The van der Waals surface area contributed by atoms with Crippen LogP contribution in [0.5, 0.6) is 5.75 Å². The fraction of sp³-hybridized carbons (Fsp3) is 0.318. The van der Waals surface area contributed by atoms with Crippen molar-refractivity contribution in [3.8, 4) is 5.75 Å². The molecule has 2 rings (SSSR count). The molecule has 0 aliphatic rings. The van der Waals surface area contributed by atoms with Crippen LogP contribution < -0.4 is 10.1 Å². The lowest BCUT2D eigenvalue weighted by Crippen LogP contribution is -2.20. The highest BCUT2D eigenvalue weighted by Crippen LogP contribution is 2.14. The minimum absolute atomic E-state index is 0.0574. The monoisotopic (exact) mass is 383 g/mol. The highest BCUT2D eigenvalue weighted by molar-refractivity contribution is 5.96. The summed E-state index contributed by atoms with van der Waals surface area (Å²) in [5.41, 5.74) is 1.61. The maximum absolute atomic E-state index is 12.0. The normalized spacial score (nSPS) is 10.2. The van der Waals surface area contributed by atoms with E-state index in [-0.39, 0.29) is 24.3 Å². The Labute approximate surface area is 164 Å². The molecule has 0 aliphatic carbocycles. The molecule has 0 heterocycles. The van der Waals surface area contributed by atoms with Gasteiger partial charge in [-0.1, -0.05) is 20.3 Å². The average Bonchev–Trinajstić information content (AvgIpc) is 2.72. The number of hydrogen-bond donors (Lipinski definition) is 1. The van der Waals surface area contributed by atoms with Gasteiger partial charge in [-0.15, -0.1) is 0 Å². The van der Waals surface area contributed by atoms with Crippen molar-refractivity contribution in [2.75, 3.05) is 18.5 Å². The van der Waals surface area contributed by atoms with Gasteiger partial charge in [0.1, 0.15) is 5.75 Å². The quantitative estimate of drug-likeness (QED) is 0.377. The van der Waals surface area contributed by atoms with E-state index >= 15 is 0 Å². The fourth-order valence-corrected chi connectivity index (χ4v) is 2.37. The van der Waals surface area contributed by atoms with Gasteiger partial charge >= 0.3 is 5.97 Å². The number of amides is 1. The Kier molecular flexibility index (Phi) is 8.21. The molecular weight excluding hydrogens is 358 g/mol. The van der Waals surface area contributed by atoms with Crippen molar-refractivity contribution in [1.82, 2.24) is 0 Å². The van der Waals surface area contributed by atoms with Crippen LogP contribution in [-0.2, 0) is 9.53 Å². The van der Waals surface area contributed by atoms with Crippen LogP contribution in [0.4, 0.5) is 5.69 Å². The molecule has 0 unspecified atom stereocenters. The van der Waals surface area contributed by atoms with Crippen LogP contribution in [-0.4, -0.2) is 30.9 Å². The number of unbranched alkanes of at least 4 members (excludes halogenated alkanes) is 1. The Morgan fingerprint density at radius 3 is 2.14 bits per heavy atom. The smallest absolute Gasteiger partial charge is 0.338 e. The summed E-state index contributed by atoms with van der Waals surface area (Å²) < 4.78 is 10.6. The first-order valence-corrected chi connectivity index (χ1v) is 9.36. The van der Waals surface area contributed by atoms with Crippen LogP contribution in [0, 0.1) is 0 Å². The number of benzene rings is 2. The molecule has 1 N–H and O–H groups in total. The van der Waals surface area contributed by atoms with Crippen LogP contribution in [0.15, 0.2) is 48.5 Å². The van der Waals surface area contributed by atoms with Gasteiger partial charge in [0.05, 0.1) is 12.2 Å². The minimum Gasteiger partial charge on any atom is -0.484 e. The summed E-state index contributed by atoms with van der Waals surface area (Å²) in [6.07, 6.45) is 2.23. The van der Waals surface area contributed by atoms with Crippen molar-refractivity contribution < 1.29 is 23.9 Å². The highest BCUT2D eigenvalue weighted by atomic mass is 16.5. The van der Waals surface area contributed by atoms with E-state index in [4.69, 9.17) is 9.47 Å². The van der Waals surface area contributed by atoms with Crippen molar-refractivity contribution in [3.05, 3.63) is 59.7 Å². The molecule has 148 valence electrons.